The molecular formula is C7H11O2. The molecule has 0 aliphatic carbocycles. The number of hydrogen-bond donors (Lipinski definition) is 0. The van der Waals surface area contributed by atoms with E-state index in [1.54, 1.807) is 20.8 Å². The van der Waals surface area contributed by atoms with E-state index in [4.69, 9.17) is 4.74 Å². The fraction of sp³-hybridized carbons (Fsp3) is 0.571. The van der Waals surface area contributed by atoms with Gasteiger partial charge in [0.25, 0.3) is 0 Å². The van der Waals surface area contributed by atoms with E-state index in [0.717, 1.165) is 0 Å². The molecule has 51 valence electrons. The maximum atomic E-state index is 10.5. The largest absolute Gasteiger partial charge is 0.459 e. The molecule has 0 aliphatic heterocycles. The van der Waals surface area contributed by atoms with Crippen LogP contribution in [0.5, 0.6) is 0 Å². The number of carbonyl (C=O) groups is 1. The highest BCUT2D eigenvalue weighted by atomic mass is 16.5. The van der Waals surface area contributed by atoms with Gasteiger partial charge in [-0.05, 0) is 20.8 Å². The lowest BCUT2D eigenvalue weighted by molar-refractivity contribution is -0.142. The third-order valence-corrected chi connectivity index (χ3v) is 0.605. The average molecular weight is 127 g/mol. The Labute approximate surface area is 55.5 Å². The molecule has 2 nitrogen and oxygen atoms in total. The van der Waals surface area contributed by atoms with E-state index in [-0.39, 0.29) is 6.10 Å². The Bertz CT molecular complexity index is 114. The lowest BCUT2D eigenvalue weighted by atomic mass is 10.4. The van der Waals surface area contributed by atoms with Crippen molar-refractivity contribution in [2.75, 3.05) is 0 Å². The van der Waals surface area contributed by atoms with Crippen molar-refractivity contribution in [3.05, 3.63) is 12.2 Å². The maximum absolute atomic E-state index is 10.5. The molecular weight excluding hydrogens is 116 g/mol. The minimum atomic E-state index is -0.396. The Hall–Kier alpha value is -0.790. The van der Waals surface area contributed by atoms with E-state index >= 15 is 0 Å². The molecule has 0 saturated carbocycles. The lowest BCUT2D eigenvalue weighted by Crippen LogP contribution is -2.08. The first-order valence-electron chi connectivity index (χ1n) is 2.91. The van der Waals surface area contributed by atoms with Crippen LogP contribution in [0.2, 0.25) is 0 Å². The molecule has 0 aromatic heterocycles. The van der Waals surface area contributed by atoms with Crippen LogP contribution in [0.15, 0.2) is 6.08 Å². The van der Waals surface area contributed by atoms with Gasteiger partial charge < -0.3 is 4.74 Å². The highest BCUT2D eigenvalue weighted by Gasteiger charge is 1.98. The Kier molecular flexibility index (Phi) is 3.76. The summed E-state index contributed by atoms with van der Waals surface area (Å²) < 4.78 is 4.71. The minimum absolute atomic E-state index is 0.0510. The Morgan fingerprint density at radius 3 is 2.56 bits per heavy atom. The number of esters is 1. The van der Waals surface area contributed by atoms with Gasteiger partial charge in [0.2, 0.25) is 0 Å². The van der Waals surface area contributed by atoms with Crippen LogP contribution in [-0.4, -0.2) is 12.1 Å². The second-order valence-electron chi connectivity index (χ2n) is 1.89. The van der Waals surface area contributed by atoms with E-state index < -0.39 is 5.97 Å². The normalized spacial score (nSPS) is 10.7. The molecule has 0 unspecified atom stereocenters. The van der Waals surface area contributed by atoms with Crippen LogP contribution in [-0.2, 0) is 9.53 Å². The molecule has 0 atom stereocenters. The van der Waals surface area contributed by atoms with Gasteiger partial charge in [-0.2, -0.15) is 0 Å². The molecule has 0 aromatic rings. The third kappa shape index (κ3) is 5.07. The van der Waals surface area contributed by atoms with E-state index in [0.29, 0.717) is 0 Å². The molecule has 0 heterocycles. The molecule has 1 radical (unpaired) electrons. The lowest BCUT2D eigenvalue weighted by Gasteiger charge is -2.02. The van der Waals surface area contributed by atoms with E-state index in [9.17, 15) is 4.79 Å². The summed E-state index contributed by atoms with van der Waals surface area (Å²) >= 11 is 0. The fourth-order valence-electron chi connectivity index (χ4n) is 0.366. The van der Waals surface area contributed by atoms with Gasteiger partial charge in [-0.25, -0.2) is 4.79 Å². The van der Waals surface area contributed by atoms with Crippen LogP contribution >= 0.6 is 0 Å². The van der Waals surface area contributed by atoms with Gasteiger partial charge in [-0.3, -0.25) is 0 Å². The van der Waals surface area contributed by atoms with Crippen molar-refractivity contribution in [2.45, 2.75) is 26.9 Å². The van der Waals surface area contributed by atoms with Crippen molar-refractivity contribution >= 4 is 5.97 Å². The number of ether oxygens (including phenoxy) is 1. The predicted molar refractivity (Wildman–Crippen MR) is 34.7 cm³/mol. The third-order valence-electron chi connectivity index (χ3n) is 0.605. The standard InChI is InChI=1S/C7H11O2/c1-4-5-7(8)9-6(2)3/h4,6H,1-3H3. The van der Waals surface area contributed by atoms with E-state index in [2.05, 4.69) is 6.08 Å². The highest BCUT2D eigenvalue weighted by molar-refractivity contribution is 5.77. The van der Waals surface area contributed by atoms with Crippen molar-refractivity contribution in [3.8, 4) is 0 Å². The average Bonchev–Trinajstić information content (AvgIpc) is 1.63. The molecule has 2 heteroatoms. The minimum Gasteiger partial charge on any atom is -0.459 e. The van der Waals surface area contributed by atoms with Crippen LogP contribution in [0.4, 0.5) is 0 Å². The maximum Gasteiger partial charge on any atom is 0.338 e. The summed E-state index contributed by atoms with van der Waals surface area (Å²) in [7, 11) is 0. The van der Waals surface area contributed by atoms with Crippen molar-refractivity contribution in [1.82, 2.24) is 0 Å². The summed E-state index contributed by atoms with van der Waals surface area (Å²) in [6.45, 7) is 5.33. The van der Waals surface area contributed by atoms with Gasteiger partial charge in [0.05, 0.1) is 12.2 Å². The molecule has 0 saturated heterocycles. The van der Waals surface area contributed by atoms with Gasteiger partial charge in [0.1, 0.15) is 0 Å². The zero-order chi connectivity index (χ0) is 7.28. The van der Waals surface area contributed by atoms with Crippen molar-refractivity contribution in [3.63, 3.8) is 0 Å². The van der Waals surface area contributed by atoms with E-state index in [1.807, 2.05) is 0 Å². The van der Waals surface area contributed by atoms with Gasteiger partial charge in [-0.1, -0.05) is 6.08 Å². The van der Waals surface area contributed by atoms with Crippen LogP contribution < -0.4 is 0 Å². The summed E-state index contributed by atoms with van der Waals surface area (Å²) in [5.74, 6) is -0.396. The Morgan fingerprint density at radius 2 is 2.22 bits per heavy atom. The zero-order valence-electron chi connectivity index (χ0n) is 5.97. The first-order chi connectivity index (χ1) is 4.16. The topological polar surface area (TPSA) is 26.3 Å². The Morgan fingerprint density at radius 1 is 1.67 bits per heavy atom. The second-order valence-corrected chi connectivity index (χ2v) is 1.89. The number of carbonyl (C=O) groups excluding carboxylic acids is 1. The number of allylic oxidation sites excluding steroid dienone is 1. The zero-order valence-corrected chi connectivity index (χ0v) is 5.97. The summed E-state index contributed by atoms with van der Waals surface area (Å²) in [5.41, 5.74) is 0. The molecule has 0 N–H and O–H groups in total. The van der Waals surface area contributed by atoms with E-state index in [1.165, 1.54) is 6.08 Å². The van der Waals surface area contributed by atoms with Crippen LogP contribution in [0.3, 0.4) is 0 Å². The molecule has 9 heavy (non-hydrogen) atoms. The Balaban J connectivity index is 3.51. The SMILES string of the molecule is C/C=[C]/C(=O)OC(C)C. The van der Waals surface area contributed by atoms with Gasteiger partial charge in [-0.15, -0.1) is 0 Å². The first kappa shape index (κ1) is 8.21. The molecule has 0 aliphatic rings. The number of rotatable bonds is 2. The summed E-state index contributed by atoms with van der Waals surface area (Å²) in [6, 6.07) is 0. The van der Waals surface area contributed by atoms with Gasteiger partial charge >= 0.3 is 5.97 Å². The van der Waals surface area contributed by atoms with Crippen molar-refractivity contribution in [1.29, 1.82) is 0 Å². The van der Waals surface area contributed by atoms with Gasteiger partial charge in [0, 0.05) is 0 Å². The smallest absolute Gasteiger partial charge is 0.338 e. The molecule has 0 aromatic carbocycles. The molecule has 0 amide bonds. The first-order valence-corrected chi connectivity index (χ1v) is 2.91. The number of hydrogen-bond acceptors (Lipinski definition) is 2. The quantitative estimate of drug-likeness (QED) is 0.413. The van der Waals surface area contributed by atoms with Crippen LogP contribution in [0.25, 0.3) is 0 Å². The summed E-state index contributed by atoms with van der Waals surface area (Å²) in [5, 5.41) is 0. The molecule has 0 spiro atoms. The van der Waals surface area contributed by atoms with Crippen LogP contribution in [0.1, 0.15) is 20.8 Å². The van der Waals surface area contributed by atoms with Crippen molar-refractivity contribution < 1.29 is 9.53 Å². The molecule has 0 rings (SSSR count). The predicted octanol–water partition coefficient (Wildman–Crippen LogP) is 1.32. The molecule has 0 fully saturated rings. The second kappa shape index (κ2) is 4.13. The fourth-order valence-corrected chi connectivity index (χ4v) is 0.366. The highest BCUT2D eigenvalue weighted by Crippen LogP contribution is 1.88. The van der Waals surface area contributed by atoms with Gasteiger partial charge in [0.15, 0.2) is 0 Å². The van der Waals surface area contributed by atoms with Crippen molar-refractivity contribution in [2.24, 2.45) is 0 Å². The summed E-state index contributed by atoms with van der Waals surface area (Å²) in [4.78, 5) is 10.5. The van der Waals surface area contributed by atoms with Crippen LogP contribution in [0, 0.1) is 6.08 Å². The molecule has 0 bridgehead atoms. The monoisotopic (exact) mass is 127 g/mol. The summed E-state index contributed by atoms with van der Waals surface area (Å²) in [6.07, 6.45) is 3.87.